The van der Waals surface area contributed by atoms with Crippen LogP contribution in [0.2, 0.25) is 0 Å². The summed E-state index contributed by atoms with van der Waals surface area (Å²) in [7, 11) is 1.92. The Kier molecular flexibility index (Phi) is 3.22. The highest BCUT2D eigenvalue weighted by atomic mass is 14.8. The molecule has 0 aliphatic carbocycles. The van der Waals surface area contributed by atoms with E-state index in [2.05, 4.69) is 41.7 Å². The molecule has 0 spiro atoms. The molecule has 0 unspecified atom stereocenters. The van der Waals surface area contributed by atoms with E-state index in [1.54, 1.807) is 0 Å². The van der Waals surface area contributed by atoms with Gasteiger partial charge in [-0.05, 0) is 34.9 Å². The molecule has 16 heavy (non-hydrogen) atoms. The molecular weight excluding hydrogens is 196 g/mol. The first kappa shape index (κ1) is 10.7. The maximum atomic E-state index is 5.63. The minimum absolute atomic E-state index is 0.586. The number of hydrogen-bond donors (Lipinski definition) is 2. The van der Waals surface area contributed by atoms with Crippen LogP contribution in [0, 0.1) is 0 Å². The molecule has 2 rings (SSSR count). The van der Waals surface area contributed by atoms with Crippen LogP contribution in [0.5, 0.6) is 0 Å². The van der Waals surface area contributed by atoms with Gasteiger partial charge in [-0.3, -0.25) is 0 Å². The van der Waals surface area contributed by atoms with Crippen molar-refractivity contribution in [1.29, 1.82) is 0 Å². The fourth-order valence-corrected chi connectivity index (χ4v) is 1.71. The number of anilines is 1. The van der Waals surface area contributed by atoms with Gasteiger partial charge in [0.2, 0.25) is 0 Å². The van der Waals surface area contributed by atoms with E-state index in [0.717, 1.165) is 11.3 Å². The molecular formula is C14H16N2. The zero-order valence-electron chi connectivity index (χ0n) is 9.40. The van der Waals surface area contributed by atoms with Gasteiger partial charge in [0.1, 0.15) is 0 Å². The number of nitrogens with one attached hydrogen (secondary N) is 1. The monoisotopic (exact) mass is 212 g/mol. The van der Waals surface area contributed by atoms with Crippen LogP contribution in [0.25, 0.3) is 11.1 Å². The van der Waals surface area contributed by atoms with E-state index in [1.807, 2.05) is 19.2 Å². The molecule has 0 fully saturated rings. The lowest BCUT2D eigenvalue weighted by molar-refractivity contribution is 1.07. The van der Waals surface area contributed by atoms with Crippen LogP contribution in [0.3, 0.4) is 0 Å². The standard InChI is InChI=1S/C14H16N2/c1-16-14-7-5-12(6-8-14)13-4-2-3-11(9-13)10-15/h2-9,16H,10,15H2,1H3. The average Bonchev–Trinajstić information content (AvgIpc) is 2.39. The molecule has 0 aromatic heterocycles. The maximum absolute atomic E-state index is 5.63. The van der Waals surface area contributed by atoms with E-state index >= 15 is 0 Å². The predicted molar refractivity (Wildman–Crippen MR) is 69.3 cm³/mol. The molecule has 0 amide bonds. The molecule has 2 aromatic carbocycles. The van der Waals surface area contributed by atoms with Gasteiger partial charge in [0.05, 0.1) is 0 Å². The van der Waals surface area contributed by atoms with Gasteiger partial charge in [0.25, 0.3) is 0 Å². The molecule has 0 saturated heterocycles. The van der Waals surface area contributed by atoms with Gasteiger partial charge in [-0.15, -0.1) is 0 Å². The molecule has 0 aliphatic rings. The van der Waals surface area contributed by atoms with Crippen LogP contribution < -0.4 is 11.1 Å². The molecule has 2 aromatic rings. The van der Waals surface area contributed by atoms with Gasteiger partial charge >= 0.3 is 0 Å². The summed E-state index contributed by atoms with van der Waals surface area (Å²) in [6.45, 7) is 0.586. The van der Waals surface area contributed by atoms with E-state index in [-0.39, 0.29) is 0 Å². The van der Waals surface area contributed by atoms with Crippen LogP contribution in [0.15, 0.2) is 48.5 Å². The Morgan fingerprint density at radius 2 is 1.75 bits per heavy atom. The summed E-state index contributed by atoms with van der Waals surface area (Å²) in [4.78, 5) is 0. The molecule has 2 heteroatoms. The Morgan fingerprint density at radius 3 is 2.38 bits per heavy atom. The van der Waals surface area contributed by atoms with E-state index < -0.39 is 0 Å². The molecule has 82 valence electrons. The summed E-state index contributed by atoms with van der Waals surface area (Å²) in [5, 5.41) is 3.11. The summed E-state index contributed by atoms with van der Waals surface area (Å²) in [5.41, 5.74) is 10.3. The smallest absolute Gasteiger partial charge is 0.0337 e. The summed E-state index contributed by atoms with van der Waals surface area (Å²) in [5.74, 6) is 0. The third-order valence-electron chi connectivity index (χ3n) is 2.67. The molecule has 0 atom stereocenters. The third-order valence-corrected chi connectivity index (χ3v) is 2.67. The molecule has 0 saturated carbocycles. The van der Waals surface area contributed by atoms with Gasteiger partial charge in [0.15, 0.2) is 0 Å². The van der Waals surface area contributed by atoms with Crippen molar-refractivity contribution >= 4 is 5.69 Å². The van der Waals surface area contributed by atoms with Crippen molar-refractivity contribution in [3.05, 3.63) is 54.1 Å². The van der Waals surface area contributed by atoms with Crippen molar-refractivity contribution in [2.24, 2.45) is 5.73 Å². The van der Waals surface area contributed by atoms with Crippen molar-refractivity contribution in [3.63, 3.8) is 0 Å². The van der Waals surface area contributed by atoms with Gasteiger partial charge in [-0.2, -0.15) is 0 Å². The van der Waals surface area contributed by atoms with Gasteiger partial charge < -0.3 is 11.1 Å². The van der Waals surface area contributed by atoms with Crippen LogP contribution >= 0.6 is 0 Å². The summed E-state index contributed by atoms with van der Waals surface area (Å²) in [6.07, 6.45) is 0. The summed E-state index contributed by atoms with van der Waals surface area (Å²) in [6, 6.07) is 16.7. The zero-order valence-corrected chi connectivity index (χ0v) is 9.40. The Labute approximate surface area is 96.1 Å². The lowest BCUT2D eigenvalue weighted by Crippen LogP contribution is -1.95. The predicted octanol–water partition coefficient (Wildman–Crippen LogP) is 2.85. The van der Waals surface area contributed by atoms with E-state index in [9.17, 15) is 0 Å². The van der Waals surface area contributed by atoms with Crippen molar-refractivity contribution in [2.45, 2.75) is 6.54 Å². The largest absolute Gasteiger partial charge is 0.388 e. The number of nitrogens with two attached hydrogens (primary N) is 1. The average molecular weight is 212 g/mol. The van der Waals surface area contributed by atoms with Crippen molar-refractivity contribution < 1.29 is 0 Å². The Bertz CT molecular complexity index is 460. The van der Waals surface area contributed by atoms with Crippen LogP contribution in [-0.4, -0.2) is 7.05 Å². The van der Waals surface area contributed by atoms with E-state index in [0.29, 0.717) is 6.54 Å². The maximum Gasteiger partial charge on any atom is 0.0337 e. The number of rotatable bonds is 3. The second-order valence-corrected chi connectivity index (χ2v) is 3.73. The first-order valence-electron chi connectivity index (χ1n) is 5.40. The lowest BCUT2D eigenvalue weighted by atomic mass is 10.0. The number of hydrogen-bond acceptors (Lipinski definition) is 2. The second-order valence-electron chi connectivity index (χ2n) is 3.73. The summed E-state index contributed by atoms with van der Waals surface area (Å²) < 4.78 is 0. The SMILES string of the molecule is CNc1ccc(-c2cccc(CN)c2)cc1. The van der Waals surface area contributed by atoms with Crippen molar-refractivity contribution in [3.8, 4) is 11.1 Å². The normalized spacial score (nSPS) is 10.1. The minimum Gasteiger partial charge on any atom is -0.388 e. The van der Waals surface area contributed by atoms with Crippen LogP contribution in [0.1, 0.15) is 5.56 Å². The number of benzene rings is 2. The van der Waals surface area contributed by atoms with Crippen molar-refractivity contribution in [2.75, 3.05) is 12.4 Å². The summed E-state index contributed by atoms with van der Waals surface area (Å²) >= 11 is 0. The third kappa shape index (κ3) is 2.23. The van der Waals surface area contributed by atoms with E-state index in [4.69, 9.17) is 5.73 Å². The Balaban J connectivity index is 2.34. The first-order chi connectivity index (χ1) is 7.83. The molecule has 3 N–H and O–H groups in total. The van der Waals surface area contributed by atoms with E-state index in [1.165, 1.54) is 11.1 Å². The quantitative estimate of drug-likeness (QED) is 0.821. The van der Waals surface area contributed by atoms with Gasteiger partial charge in [-0.1, -0.05) is 30.3 Å². The second kappa shape index (κ2) is 4.81. The zero-order chi connectivity index (χ0) is 11.4. The highest BCUT2D eigenvalue weighted by Crippen LogP contribution is 2.22. The molecule has 0 bridgehead atoms. The highest BCUT2D eigenvalue weighted by Gasteiger charge is 1.98. The first-order valence-corrected chi connectivity index (χ1v) is 5.40. The topological polar surface area (TPSA) is 38.0 Å². The molecule has 0 aliphatic heterocycles. The molecule has 0 heterocycles. The Hall–Kier alpha value is -1.80. The van der Waals surface area contributed by atoms with Crippen LogP contribution in [-0.2, 0) is 6.54 Å². The highest BCUT2D eigenvalue weighted by molar-refractivity contribution is 5.66. The lowest BCUT2D eigenvalue weighted by Gasteiger charge is -2.05. The van der Waals surface area contributed by atoms with Crippen molar-refractivity contribution in [1.82, 2.24) is 0 Å². The fourth-order valence-electron chi connectivity index (χ4n) is 1.71. The minimum atomic E-state index is 0.586. The molecule has 0 radical (unpaired) electrons. The van der Waals surface area contributed by atoms with Crippen LogP contribution in [0.4, 0.5) is 5.69 Å². The van der Waals surface area contributed by atoms with Gasteiger partial charge in [-0.25, -0.2) is 0 Å². The Morgan fingerprint density at radius 1 is 1.00 bits per heavy atom. The molecule has 2 nitrogen and oxygen atoms in total. The van der Waals surface area contributed by atoms with Gasteiger partial charge in [0, 0.05) is 19.3 Å². The fraction of sp³-hybridized carbons (Fsp3) is 0.143.